The molecule has 2 aliphatic heterocycles. The van der Waals surface area contributed by atoms with Crippen LogP contribution in [0, 0.1) is 0 Å². The summed E-state index contributed by atoms with van der Waals surface area (Å²) in [4.78, 5) is 42.6. The molecular formula is C36H24N10. The van der Waals surface area contributed by atoms with Gasteiger partial charge in [0.05, 0.1) is 91.4 Å². The lowest BCUT2D eigenvalue weighted by Crippen LogP contribution is -1.91. The Bertz CT molecular complexity index is 2270. The molecule has 0 saturated heterocycles. The number of nitrogens with zero attached hydrogens (tertiary/aromatic N) is 6. The fourth-order valence-corrected chi connectivity index (χ4v) is 6.10. The van der Waals surface area contributed by atoms with Crippen molar-refractivity contribution in [1.82, 2.24) is 49.8 Å². The van der Waals surface area contributed by atoms with Gasteiger partial charge < -0.3 is 19.9 Å². The summed E-state index contributed by atoms with van der Waals surface area (Å²) >= 11 is 0. The Morgan fingerprint density at radius 3 is 1.11 bits per heavy atom. The zero-order valence-corrected chi connectivity index (χ0v) is 24.2. The summed E-state index contributed by atoms with van der Waals surface area (Å²) in [6, 6.07) is 20.0. The maximum absolute atomic E-state index is 5.20. The minimum absolute atomic E-state index is 0.770. The van der Waals surface area contributed by atoms with Crippen LogP contribution in [-0.2, 0) is 0 Å². The first kappa shape index (κ1) is 25.8. The van der Waals surface area contributed by atoms with E-state index in [1.165, 1.54) is 0 Å². The first-order chi connectivity index (χ1) is 22.8. The van der Waals surface area contributed by atoms with E-state index in [1.54, 1.807) is 25.0 Å². The molecule has 10 heteroatoms. The van der Waals surface area contributed by atoms with Gasteiger partial charge in [-0.3, -0.25) is 9.97 Å². The van der Waals surface area contributed by atoms with Crippen LogP contribution in [0.25, 0.3) is 91.4 Å². The van der Waals surface area contributed by atoms with Crippen molar-refractivity contribution in [2.45, 2.75) is 0 Å². The van der Waals surface area contributed by atoms with E-state index in [-0.39, 0.29) is 0 Å². The molecule has 46 heavy (non-hydrogen) atoms. The van der Waals surface area contributed by atoms with Crippen LogP contribution < -0.4 is 0 Å². The highest BCUT2D eigenvalue weighted by molar-refractivity contribution is 5.98. The van der Waals surface area contributed by atoms with Gasteiger partial charge in [0.25, 0.3) is 0 Å². The summed E-state index contributed by atoms with van der Waals surface area (Å²) in [7, 11) is 0. The van der Waals surface area contributed by atoms with Gasteiger partial charge in [-0.25, -0.2) is 19.9 Å². The normalized spacial score (nSPS) is 12.2. The number of aromatic nitrogens is 10. The number of hydrogen-bond donors (Lipinski definition) is 4. The smallest absolute Gasteiger partial charge is 0.0927 e. The van der Waals surface area contributed by atoms with E-state index in [4.69, 9.17) is 19.9 Å². The van der Waals surface area contributed by atoms with Gasteiger partial charge in [0.2, 0.25) is 0 Å². The van der Waals surface area contributed by atoms with Crippen molar-refractivity contribution in [2.75, 3.05) is 0 Å². The molecule has 7 aromatic heterocycles. The number of imidazole rings is 2. The SMILES string of the molecule is C1=Cc2nc1c(-c1ccccn1)c1ccc([nH]1)c(-c1c[nH]cn1)c1nc(c(-c3ccccn3)c3ccc([nH]3)c2-c2c[nH]cn2)C=C1. The van der Waals surface area contributed by atoms with E-state index in [0.29, 0.717) is 0 Å². The molecule has 0 spiro atoms. The molecular weight excluding hydrogens is 572 g/mol. The summed E-state index contributed by atoms with van der Waals surface area (Å²) in [6.07, 6.45) is 18.8. The van der Waals surface area contributed by atoms with Gasteiger partial charge in [0.15, 0.2) is 0 Å². The fraction of sp³-hybridized carbons (Fsp3) is 0. The van der Waals surface area contributed by atoms with Crippen molar-refractivity contribution in [3.63, 3.8) is 0 Å². The Hall–Kier alpha value is -6.68. The van der Waals surface area contributed by atoms with Gasteiger partial charge in [-0.15, -0.1) is 0 Å². The molecule has 0 radical (unpaired) electrons. The quantitative estimate of drug-likeness (QED) is 0.165. The molecule has 0 aliphatic carbocycles. The minimum Gasteiger partial charge on any atom is -0.354 e. The number of hydrogen-bond acceptors (Lipinski definition) is 6. The average Bonchev–Trinajstić information content (AvgIpc) is 3.93. The van der Waals surface area contributed by atoms with Crippen LogP contribution in [0.1, 0.15) is 22.8 Å². The summed E-state index contributed by atoms with van der Waals surface area (Å²) in [5.41, 5.74) is 13.2. The Kier molecular flexibility index (Phi) is 5.88. The van der Waals surface area contributed by atoms with E-state index in [9.17, 15) is 0 Å². The van der Waals surface area contributed by atoms with Crippen molar-refractivity contribution in [3.05, 3.63) is 121 Å². The average molecular weight is 597 g/mol. The highest BCUT2D eigenvalue weighted by Crippen LogP contribution is 2.36. The van der Waals surface area contributed by atoms with Crippen molar-refractivity contribution in [2.24, 2.45) is 0 Å². The van der Waals surface area contributed by atoms with Crippen molar-refractivity contribution >= 4 is 46.4 Å². The predicted octanol–water partition coefficient (Wildman–Crippen LogP) is 7.56. The van der Waals surface area contributed by atoms with Gasteiger partial charge in [-0.1, -0.05) is 12.1 Å². The van der Waals surface area contributed by atoms with Crippen LogP contribution in [0.3, 0.4) is 0 Å². The highest BCUT2D eigenvalue weighted by Gasteiger charge is 2.20. The van der Waals surface area contributed by atoms with Crippen LogP contribution in [0.4, 0.5) is 0 Å². The van der Waals surface area contributed by atoms with E-state index >= 15 is 0 Å². The van der Waals surface area contributed by atoms with Crippen molar-refractivity contribution in [1.29, 1.82) is 0 Å². The third-order valence-electron chi connectivity index (χ3n) is 8.10. The lowest BCUT2D eigenvalue weighted by molar-refractivity contribution is 1.27. The van der Waals surface area contributed by atoms with Crippen molar-refractivity contribution < 1.29 is 0 Å². The number of nitrogens with one attached hydrogen (secondary N) is 4. The van der Waals surface area contributed by atoms with Gasteiger partial charge in [-0.2, -0.15) is 0 Å². The Balaban J connectivity index is 1.49. The number of pyridine rings is 2. The fourth-order valence-electron chi connectivity index (χ4n) is 6.10. The molecule has 0 amide bonds. The molecule has 9 rings (SSSR count). The first-order valence-corrected chi connectivity index (χ1v) is 14.8. The molecule has 4 N–H and O–H groups in total. The Morgan fingerprint density at radius 2 is 0.783 bits per heavy atom. The topological polar surface area (TPSA) is 140 Å². The van der Waals surface area contributed by atoms with Crippen LogP contribution >= 0.6 is 0 Å². The maximum atomic E-state index is 5.20. The second kappa shape index (κ2) is 10.5. The maximum Gasteiger partial charge on any atom is 0.0927 e. The molecule has 0 aromatic carbocycles. The molecule has 10 nitrogen and oxygen atoms in total. The monoisotopic (exact) mass is 596 g/mol. The molecule has 0 unspecified atom stereocenters. The predicted molar refractivity (Wildman–Crippen MR) is 180 cm³/mol. The number of rotatable bonds is 4. The van der Waals surface area contributed by atoms with Crippen molar-refractivity contribution in [3.8, 4) is 45.0 Å². The first-order valence-electron chi connectivity index (χ1n) is 14.8. The molecule has 9 heterocycles. The van der Waals surface area contributed by atoms with Gasteiger partial charge in [0.1, 0.15) is 0 Å². The van der Waals surface area contributed by atoms with E-state index < -0.39 is 0 Å². The third kappa shape index (κ3) is 4.27. The Morgan fingerprint density at radius 1 is 0.391 bits per heavy atom. The largest absolute Gasteiger partial charge is 0.354 e. The van der Waals surface area contributed by atoms with E-state index in [2.05, 4.69) is 54.2 Å². The molecule has 0 saturated carbocycles. The van der Waals surface area contributed by atoms with Crippen LogP contribution in [0.2, 0.25) is 0 Å². The van der Waals surface area contributed by atoms with Crippen LogP contribution in [-0.4, -0.2) is 49.8 Å². The second-order valence-electron chi connectivity index (χ2n) is 10.8. The second-order valence-corrected chi connectivity index (χ2v) is 10.8. The number of H-pyrrole nitrogens is 4. The van der Waals surface area contributed by atoms with Gasteiger partial charge in [0, 0.05) is 35.9 Å². The molecule has 218 valence electrons. The van der Waals surface area contributed by atoms with Gasteiger partial charge in [-0.05, 0) is 72.8 Å². The Labute approximate surface area is 261 Å². The zero-order chi connectivity index (χ0) is 30.5. The lowest BCUT2D eigenvalue weighted by atomic mass is 10.1. The molecule has 0 fully saturated rings. The number of fused-ring (bicyclic) bond motifs is 8. The molecule has 2 aliphatic rings. The minimum atomic E-state index is 0.770. The standard InChI is InChI=1S/C36H24N10/c1-3-15-39-21(5-1)33-23-7-11-27(43-23)35(31-17-37-19-41-31)29-13-9-25(45-29)34(22-6-2-4-16-40-22)26-10-14-30(46-26)36(32-18-38-20-42-32)28-12-8-24(33)44-28/h1-20,43,46H,(H,37,41)(H,38,42). The highest BCUT2D eigenvalue weighted by atomic mass is 14.9. The third-order valence-corrected chi connectivity index (χ3v) is 8.10. The van der Waals surface area contributed by atoms with Crippen LogP contribution in [0.5, 0.6) is 0 Å². The number of aromatic amines is 4. The van der Waals surface area contributed by atoms with Gasteiger partial charge >= 0.3 is 0 Å². The van der Waals surface area contributed by atoms with Crippen LogP contribution in [0.15, 0.2) is 98.1 Å². The summed E-state index contributed by atoms with van der Waals surface area (Å²) in [5.74, 6) is 0. The lowest BCUT2D eigenvalue weighted by Gasteiger charge is -2.04. The summed E-state index contributed by atoms with van der Waals surface area (Å²) in [5, 5.41) is 0. The van der Waals surface area contributed by atoms with E-state index in [1.807, 2.05) is 73.1 Å². The summed E-state index contributed by atoms with van der Waals surface area (Å²) in [6.45, 7) is 0. The molecule has 8 bridgehead atoms. The molecule has 7 aromatic rings. The zero-order valence-electron chi connectivity index (χ0n) is 24.2. The summed E-state index contributed by atoms with van der Waals surface area (Å²) < 4.78 is 0. The van der Waals surface area contributed by atoms with E-state index in [0.717, 1.165) is 89.9 Å². The molecule has 0 atom stereocenters.